The molecule has 2 heterocycles. The van der Waals surface area contributed by atoms with Crippen LogP contribution in [0.5, 0.6) is 0 Å². The molecule has 0 saturated heterocycles. The first-order chi connectivity index (χ1) is 33.9. The molecule has 0 saturated carbocycles. The second-order valence-electron chi connectivity index (χ2n) is 16.3. The number of hydroxylamine groups is 2. The van der Waals surface area contributed by atoms with Crippen LogP contribution in [0.3, 0.4) is 0 Å². The van der Waals surface area contributed by atoms with E-state index in [-0.39, 0.29) is 57.1 Å². The van der Waals surface area contributed by atoms with Gasteiger partial charge >= 0.3 is 18.5 Å². The first-order valence-corrected chi connectivity index (χ1v) is 27.0. The Morgan fingerprint density at radius 3 is 1.58 bits per heavy atom. The molecule has 0 unspecified atom stereocenters. The van der Waals surface area contributed by atoms with E-state index in [1.54, 1.807) is 38.2 Å². The first kappa shape index (κ1) is 69.5. The van der Waals surface area contributed by atoms with Crippen LogP contribution in [-0.2, 0) is 25.2 Å². The van der Waals surface area contributed by atoms with Crippen molar-refractivity contribution in [3.05, 3.63) is 157 Å². The largest absolute Gasteiger partial charge is 0.421 e. The summed E-state index contributed by atoms with van der Waals surface area (Å²) in [4.78, 5) is 35.6. The molecule has 4 rings (SSSR count). The summed E-state index contributed by atoms with van der Waals surface area (Å²) >= 11 is 4.29. The fourth-order valence-corrected chi connectivity index (χ4v) is 10.1. The lowest BCUT2D eigenvalue weighted by Crippen LogP contribution is -2.30. The standard InChI is InChI=1S/C17H16NOPS.C15H18F3NOS.C11H15F3O.C9H13F3INO2.CH4/c1-14-18-15(13-21-14)12-20(19,16-8-4-2-5-9-16)17-10-6-3-7-11-17;1-4-5-12(15(16,17)18)6-7-14(20)10(2)8-13-9-21-11(3)19-13;1-4-5-10(11(12,13)14)7-6-8(2)9(3)15;1-6(8(15)14(2)16-3)4-5-7(13)9(10,11)12;/h2-11,13H,12H2,1H3;4,6,8-9,14,20H,1,5,7H2,2-3H3;4,7-8H,1,5-6H2,2-3H3;5-6H,4H2,1-3H3;1H4/b;10-8+,12-6+;10-7+;7-5-;/t;14-;8-;6-;/m.000./s1. The number of thiazole rings is 2. The molecule has 0 spiro atoms. The van der Waals surface area contributed by atoms with Crippen molar-refractivity contribution in [2.24, 2.45) is 11.8 Å². The quantitative estimate of drug-likeness (QED) is 0.0327. The summed E-state index contributed by atoms with van der Waals surface area (Å²) in [6.07, 6.45) is -6.75. The lowest BCUT2D eigenvalue weighted by atomic mass is 10.0. The minimum Gasteiger partial charge on any atom is -0.388 e. The minimum atomic E-state index is -4.39. The van der Waals surface area contributed by atoms with Gasteiger partial charge in [-0.1, -0.05) is 112 Å². The number of aliphatic hydroxyl groups excluding tert-OH is 1. The zero-order chi connectivity index (χ0) is 55.7. The first-order valence-electron chi connectivity index (χ1n) is 22.3. The molecule has 74 heavy (non-hydrogen) atoms. The van der Waals surface area contributed by atoms with Crippen LogP contribution in [0.1, 0.15) is 88.6 Å². The average Bonchev–Trinajstić information content (AvgIpc) is 3.95. The number of rotatable bonds is 19. The lowest BCUT2D eigenvalue weighted by Gasteiger charge is -2.18. The third-order valence-electron chi connectivity index (χ3n) is 10.3. The monoisotopic (exact) mass is 1220 g/mol. The van der Waals surface area contributed by atoms with E-state index in [9.17, 15) is 58.8 Å². The zero-order valence-corrected chi connectivity index (χ0v) is 46.4. The second kappa shape index (κ2) is 33.5. The van der Waals surface area contributed by atoms with Crippen LogP contribution in [0.4, 0.5) is 39.5 Å². The fraction of sp³-hybridized carbons (Fsp3) is 0.396. The van der Waals surface area contributed by atoms with Gasteiger partial charge in [-0.2, -0.15) is 39.5 Å². The van der Waals surface area contributed by atoms with E-state index in [0.29, 0.717) is 17.4 Å². The van der Waals surface area contributed by atoms with Crippen LogP contribution in [0.2, 0.25) is 0 Å². The maximum Gasteiger partial charge on any atom is 0.421 e. The van der Waals surface area contributed by atoms with Crippen LogP contribution in [0.25, 0.3) is 6.08 Å². The number of nitrogens with zero attached hydrogens (tertiary/aromatic N) is 3. The van der Waals surface area contributed by atoms with Gasteiger partial charge in [0.05, 0.1) is 44.4 Å². The normalized spacial score (nSPS) is 13.8. The molecule has 4 aromatic rings. The third kappa shape index (κ3) is 25.9. The predicted molar refractivity (Wildman–Crippen MR) is 292 cm³/mol. The summed E-state index contributed by atoms with van der Waals surface area (Å²) < 4.78 is 125. The highest BCUT2D eigenvalue weighted by Gasteiger charge is 2.34. The average molecular weight is 1220 g/mol. The number of aliphatic hydroxyl groups is 1. The fourth-order valence-electron chi connectivity index (χ4n) is 5.92. The Labute approximate surface area is 451 Å². The van der Waals surface area contributed by atoms with Crippen molar-refractivity contribution in [1.82, 2.24) is 15.0 Å². The molecular formula is C53H66F9IN3O5PS2. The summed E-state index contributed by atoms with van der Waals surface area (Å²) in [6.45, 7) is 16.6. The van der Waals surface area contributed by atoms with Gasteiger partial charge in [0.25, 0.3) is 0 Å². The molecule has 0 fully saturated rings. The number of hydrogen-bond acceptors (Lipinski definition) is 9. The van der Waals surface area contributed by atoms with Crippen molar-refractivity contribution in [3.63, 3.8) is 0 Å². The van der Waals surface area contributed by atoms with Gasteiger partial charge in [-0.05, 0) is 94.0 Å². The molecule has 1 N–H and O–H groups in total. The van der Waals surface area contributed by atoms with E-state index >= 15 is 0 Å². The highest BCUT2D eigenvalue weighted by atomic mass is 127. The van der Waals surface area contributed by atoms with Gasteiger partial charge < -0.3 is 9.67 Å². The Bertz CT molecular complexity index is 2480. The minimum absolute atomic E-state index is 0. The molecule has 1 amide bonds. The smallest absolute Gasteiger partial charge is 0.388 e. The van der Waals surface area contributed by atoms with Crippen LogP contribution >= 0.6 is 52.4 Å². The Hall–Kier alpha value is -4.47. The van der Waals surface area contributed by atoms with Crippen molar-refractivity contribution in [3.8, 4) is 0 Å². The number of carbonyl (C=O) groups excluding carboxylic acids is 2. The summed E-state index contributed by atoms with van der Waals surface area (Å²) in [5, 5.41) is 18.5. The van der Waals surface area contributed by atoms with E-state index in [4.69, 9.17) is 0 Å². The highest BCUT2D eigenvalue weighted by molar-refractivity contribution is 14.1. The number of halogens is 10. The van der Waals surface area contributed by atoms with Gasteiger partial charge in [0.15, 0.2) is 0 Å². The molecule has 0 aliphatic carbocycles. The second-order valence-corrected chi connectivity index (χ2v) is 22.4. The van der Waals surface area contributed by atoms with Gasteiger partial charge in [-0.25, -0.2) is 15.0 Å². The Kier molecular flexibility index (Phi) is 31.5. The van der Waals surface area contributed by atoms with Crippen molar-refractivity contribution in [2.45, 2.75) is 112 Å². The van der Waals surface area contributed by atoms with Crippen molar-refractivity contribution in [2.75, 3.05) is 14.2 Å². The summed E-state index contributed by atoms with van der Waals surface area (Å²) in [5.41, 5.74) is 0.879. The topological polar surface area (TPSA) is 110 Å². The number of allylic oxidation sites excluding steroid dienone is 7. The number of alkyl halides is 9. The molecule has 410 valence electrons. The number of carbonyl (C=O) groups is 2. The highest BCUT2D eigenvalue weighted by Crippen LogP contribution is 2.47. The number of amides is 1. The number of ketones is 1. The molecule has 0 aliphatic heterocycles. The third-order valence-corrected chi connectivity index (χ3v) is 16.0. The molecule has 0 radical (unpaired) electrons. The summed E-state index contributed by atoms with van der Waals surface area (Å²) in [5.74, 6) is -1.37. The molecule has 3 atom stereocenters. The van der Waals surface area contributed by atoms with Crippen molar-refractivity contribution >= 4 is 80.8 Å². The molecule has 2 aromatic heterocycles. The van der Waals surface area contributed by atoms with E-state index in [1.807, 2.05) is 85.3 Å². The molecule has 0 aliphatic rings. The predicted octanol–water partition coefficient (Wildman–Crippen LogP) is 15.9. The van der Waals surface area contributed by atoms with Gasteiger partial charge in [0.2, 0.25) is 5.91 Å². The summed E-state index contributed by atoms with van der Waals surface area (Å²) in [6, 6.07) is 19.5. The van der Waals surface area contributed by atoms with Gasteiger partial charge in [-0.15, -0.1) is 35.8 Å². The van der Waals surface area contributed by atoms with Crippen molar-refractivity contribution < 1.29 is 63.6 Å². The molecule has 0 bridgehead atoms. The molecule has 2 aromatic carbocycles. The van der Waals surface area contributed by atoms with Gasteiger partial charge in [-0.3, -0.25) is 14.4 Å². The number of hydrogen-bond donors (Lipinski definition) is 1. The number of aryl methyl sites for hydroxylation is 2. The maximum atomic E-state index is 13.8. The van der Waals surface area contributed by atoms with E-state index < -0.39 is 52.4 Å². The molecule has 21 heteroatoms. The zero-order valence-electron chi connectivity index (χ0n) is 41.7. The maximum absolute atomic E-state index is 13.8. The van der Waals surface area contributed by atoms with Crippen LogP contribution in [0.15, 0.2) is 135 Å². The molecule has 8 nitrogen and oxygen atoms in total. The van der Waals surface area contributed by atoms with E-state index in [0.717, 1.165) is 49.6 Å². The van der Waals surface area contributed by atoms with Crippen molar-refractivity contribution in [1.29, 1.82) is 0 Å². The van der Waals surface area contributed by atoms with Gasteiger partial charge in [0, 0.05) is 51.4 Å². The SMILES string of the molecule is C.C=CC/C(=C\C[C@H](C)C(C)=O)C(F)(F)F.C=CC/C(=C\C[C@H](O)/C(C)=C/c1csc(C)n1)C(F)(F)F.CON(C)C(=O)[C@@H](C)C/C=C(\I)C(F)(F)F.Cc1nc(CP(=O)(c2ccccc2)c2ccccc2)cs1. The Morgan fingerprint density at radius 1 is 0.757 bits per heavy atom. The lowest BCUT2D eigenvalue weighted by molar-refractivity contribution is -0.172. The Morgan fingerprint density at radius 2 is 1.20 bits per heavy atom. The Balaban J connectivity index is 0.000000968. The number of aromatic nitrogens is 2. The van der Waals surface area contributed by atoms with Gasteiger partial charge in [0.1, 0.15) is 12.9 Å². The number of benzene rings is 2. The van der Waals surface area contributed by atoms with E-state index in [2.05, 4.69) is 28.0 Å². The van der Waals surface area contributed by atoms with Crippen LogP contribution < -0.4 is 10.6 Å². The molecular weight excluding hydrogens is 1150 g/mol. The van der Waals surface area contributed by atoms with E-state index in [1.165, 1.54) is 67.2 Å². The number of Topliss-reactive ketones (excluding diaryl/α,β-unsaturated/α-hetero) is 1. The van der Waals surface area contributed by atoms with Crippen LogP contribution in [-0.4, -0.2) is 70.6 Å². The van der Waals surface area contributed by atoms with Crippen LogP contribution in [0, 0.1) is 25.7 Å². The summed E-state index contributed by atoms with van der Waals surface area (Å²) in [7, 11) is 0.0449.